The maximum Gasteiger partial charge on any atom is 0.306 e. The first-order valence-electron chi connectivity index (χ1n) is 9.33. The molecule has 7 heteroatoms. The van der Waals surface area contributed by atoms with Gasteiger partial charge >= 0.3 is 5.97 Å². The largest absolute Gasteiger partial charge is 0.456 e. The van der Waals surface area contributed by atoms with Crippen LogP contribution in [0.3, 0.4) is 0 Å². The number of hydrogen-bond acceptors (Lipinski definition) is 5. The van der Waals surface area contributed by atoms with Crippen LogP contribution >= 0.6 is 0 Å². The van der Waals surface area contributed by atoms with Crippen LogP contribution in [0.25, 0.3) is 0 Å². The number of esters is 1. The zero-order valence-electron chi connectivity index (χ0n) is 16.5. The summed E-state index contributed by atoms with van der Waals surface area (Å²) in [5.74, 6) is -1.57. The molecule has 0 atom stereocenters. The van der Waals surface area contributed by atoms with E-state index >= 15 is 0 Å². The van der Waals surface area contributed by atoms with Crippen molar-refractivity contribution in [1.29, 1.82) is 0 Å². The van der Waals surface area contributed by atoms with E-state index in [1.54, 1.807) is 30.3 Å². The van der Waals surface area contributed by atoms with E-state index in [4.69, 9.17) is 4.74 Å². The number of ether oxygens (including phenoxy) is 1. The average molecular weight is 396 g/mol. The third-order valence-electron chi connectivity index (χ3n) is 4.15. The molecule has 0 radical (unpaired) electrons. The number of benzene rings is 2. The van der Waals surface area contributed by atoms with Crippen LogP contribution in [0, 0.1) is 0 Å². The second-order valence-electron chi connectivity index (χ2n) is 6.40. The number of aryl methyl sites for hydroxylation is 1. The third-order valence-corrected chi connectivity index (χ3v) is 4.15. The van der Waals surface area contributed by atoms with Crippen LogP contribution in [0.5, 0.6) is 0 Å². The van der Waals surface area contributed by atoms with Crippen LogP contribution in [-0.4, -0.2) is 30.2 Å². The number of amides is 2. The van der Waals surface area contributed by atoms with Crippen LogP contribution in [-0.2, 0) is 25.5 Å². The van der Waals surface area contributed by atoms with E-state index in [-0.39, 0.29) is 24.5 Å². The number of rotatable bonds is 9. The number of para-hydroxylation sites is 1. The van der Waals surface area contributed by atoms with Gasteiger partial charge in [-0.15, -0.1) is 0 Å². The van der Waals surface area contributed by atoms with Gasteiger partial charge in [0.05, 0.1) is 6.42 Å². The molecule has 0 aliphatic rings. The summed E-state index contributed by atoms with van der Waals surface area (Å²) in [5, 5.41) is 5.33. The normalized spacial score (nSPS) is 10.1. The second-order valence-corrected chi connectivity index (χ2v) is 6.40. The summed E-state index contributed by atoms with van der Waals surface area (Å²) in [6, 6.07) is 13.9. The first-order chi connectivity index (χ1) is 13.9. The highest BCUT2D eigenvalue weighted by Gasteiger charge is 2.12. The number of nitrogens with one attached hydrogen (secondary N) is 2. The van der Waals surface area contributed by atoms with Crippen molar-refractivity contribution in [2.24, 2.45) is 0 Å². The van der Waals surface area contributed by atoms with Crippen molar-refractivity contribution in [2.75, 3.05) is 17.2 Å². The lowest BCUT2D eigenvalue weighted by Gasteiger charge is -2.10. The maximum atomic E-state index is 12.0. The van der Waals surface area contributed by atoms with Crippen molar-refractivity contribution >= 4 is 34.9 Å². The van der Waals surface area contributed by atoms with Crippen LogP contribution in [0.15, 0.2) is 48.5 Å². The van der Waals surface area contributed by atoms with Gasteiger partial charge in [-0.2, -0.15) is 0 Å². The van der Waals surface area contributed by atoms with E-state index in [0.29, 0.717) is 16.9 Å². The number of Topliss-reactive ketones (excluding diaryl/α,β-unsaturated/α-hetero) is 1. The van der Waals surface area contributed by atoms with Crippen molar-refractivity contribution in [3.8, 4) is 0 Å². The number of carbonyl (C=O) groups is 4. The first kappa shape index (κ1) is 21.8. The maximum absolute atomic E-state index is 12.0. The summed E-state index contributed by atoms with van der Waals surface area (Å²) in [6.07, 6.45) is 0.515. The molecule has 0 aromatic heterocycles. The molecule has 0 saturated carbocycles. The van der Waals surface area contributed by atoms with Crippen molar-refractivity contribution in [1.82, 2.24) is 0 Å². The fourth-order valence-corrected chi connectivity index (χ4v) is 2.61. The number of carbonyl (C=O) groups excluding carboxylic acids is 4. The van der Waals surface area contributed by atoms with Crippen molar-refractivity contribution in [3.63, 3.8) is 0 Å². The van der Waals surface area contributed by atoms with Crippen molar-refractivity contribution < 1.29 is 23.9 Å². The number of hydrogen-bond donors (Lipinski definition) is 2. The predicted octanol–water partition coefficient (Wildman–Crippen LogP) is 3.35. The Kier molecular flexibility index (Phi) is 8.09. The Hall–Kier alpha value is -3.48. The van der Waals surface area contributed by atoms with Crippen molar-refractivity contribution in [3.05, 3.63) is 59.7 Å². The fraction of sp³-hybridized carbons (Fsp3) is 0.273. The highest BCUT2D eigenvalue weighted by Crippen LogP contribution is 2.15. The lowest BCUT2D eigenvalue weighted by atomic mass is 10.1. The van der Waals surface area contributed by atoms with E-state index in [1.807, 2.05) is 25.1 Å². The van der Waals surface area contributed by atoms with Gasteiger partial charge in [0.2, 0.25) is 5.91 Å². The van der Waals surface area contributed by atoms with Gasteiger partial charge in [0, 0.05) is 23.4 Å². The molecule has 0 aliphatic carbocycles. The molecule has 0 bridgehead atoms. The zero-order valence-corrected chi connectivity index (χ0v) is 16.5. The summed E-state index contributed by atoms with van der Waals surface area (Å²) in [4.78, 5) is 47.1. The van der Waals surface area contributed by atoms with E-state index in [0.717, 1.165) is 12.0 Å². The Balaban J connectivity index is 1.73. The minimum Gasteiger partial charge on any atom is -0.456 e. The topological polar surface area (TPSA) is 102 Å². The molecular weight excluding hydrogens is 372 g/mol. The molecule has 0 heterocycles. The van der Waals surface area contributed by atoms with Crippen LogP contribution in [0.1, 0.15) is 42.6 Å². The molecule has 0 fully saturated rings. The minimum absolute atomic E-state index is 0.0938. The first-order valence-corrected chi connectivity index (χ1v) is 9.33. The van der Waals surface area contributed by atoms with Crippen LogP contribution in [0.4, 0.5) is 11.4 Å². The van der Waals surface area contributed by atoms with Crippen molar-refractivity contribution in [2.45, 2.75) is 33.1 Å². The lowest BCUT2D eigenvalue weighted by Crippen LogP contribution is -2.22. The van der Waals surface area contributed by atoms with E-state index in [1.165, 1.54) is 6.92 Å². The Morgan fingerprint density at radius 1 is 0.897 bits per heavy atom. The Morgan fingerprint density at radius 3 is 2.38 bits per heavy atom. The third kappa shape index (κ3) is 7.21. The molecule has 2 N–H and O–H groups in total. The molecule has 2 rings (SSSR count). The Labute approximate surface area is 169 Å². The van der Waals surface area contributed by atoms with Gasteiger partial charge in [0.25, 0.3) is 5.91 Å². The van der Waals surface area contributed by atoms with E-state index in [2.05, 4.69) is 10.6 Å². The molecular formula is C22H24N2O5. The van der Waals surface area contributed by atoms with Gasteiger partial charge in [0.1, 0.15) is 0 Å². The molecule has 0 aliphatic heterocycles. The van der Waals surface area contributed by atoms with Gasteiger partial charge in [-0.25, -0.2) is 0 Å². The predicted molar refractivity (Wildman–Crippen MR) is 110 cm³/mol. The molecule has 7 nitrogen and oxygen atoms in total. The highest BCUT2D eigenvalue weighted by atomic mass is 16.5. The molecule has 0 saturated heterocycles. The highest BCUT2D eigenvalue weighted by molar-refractivity contribution is 5.97. The average Bonchev–Trinajstić information content (AvgIpc) is 2.71. The molecule has 2 aromatic rings. The number of anilines is 2. The standard InChI is InChI=1S/C22H24N2O5/c1-3-16-7-4-5-10-19(16)24-21(27)14-29-22(28)12-11-20(26)23-18-9-6-8-17(13-18)15(2)25/h4-10,13H,3,11-12,14H2,1-2H3,(H,23,26)(H,24,27). The number of ketones is 1. The molecule has 29 heavy (non-hydrogen) atoms. The summed E-state index contributed by atoms with van der Waals surface area (Å²) >= 11 is 0. The smallest absolute Gasteiger partial charge is 0.306 e. The van der Waals surface area contributed by atoms with Gasteiger partial charge in [0.15, 0.2) is 12.4 Å². The summed E-state index contributed by atoms with van der Waals surface area (Å²) < 4.78 is 4.93. The molecule has 152 valence electrons. The molecule has 2 aromatic carbocycles. The molecule has 0 unspecified atom stereocenters. The van der Waals surface area contributed by atoms with E-state index < -0.39 is 18.5 Å². The molecule has 0 spiro atoms. The molecule has 2 amide bonds. The quantitative estimate of drug-likeness (QED) is 0.500. The van der Waals surface area contributed by atoms with Crippen LogP contribution in [0.2, 0.25) is 0 Å². The van der Waals surface area contributed by atoms with Gasteiger partial charge in [-0.3, -0.25) is 19.2 Å². The minimum atomic E-state index is -0.642. The van der Waals surface area contributed by atoms with Crippen LogP contribution < -0.4 is 10.6 Å². The van der Waals surface area contributed by atoms with Gasteiger partial charge in [-0.1, -0.05) is 37.3 Å². The summed E-state index contributed by atoms with van der Waals surface area (Å²) in [6.45, 7) is 3.00. The summed E-state index contributed by atoms with van der Waals surface area (Å²) in [7, 11) is 0. The Morgan fingerprint density at radius 2 is 1.66 bits per heavy atom. The summed E-state index contributed by atoms with van der Waals surface area (Å²) in [5.41, 5.74) is 2.63. The lowest BCUT2D eigenvalue weighted by molar-refractivity contribution is -0.147. The van der Waals surface area contributed by atoms with Gasteiger partial charge < -0.3 is 15.4 Å². The monoisotopic (exact) mass is 396 g/mol. The Bertz CT molecular complexity index is 908. The van der Waals surface area contributed by atoms with Gasteiger partial charge in [-0.05, 0) is 37.1 Å². The zero-order chi connectivity index (χ0) is 21.2. The fourth-order valence-electron chi connectivity index (χ4n) is 2.61. The van der Waals surface area contributed by atoms with E-state index in [9.17, 15) is 19.2 Å². The second kappa shape index (κ2) is 10.8. The SMILES string of the molecule is CCc1ccccc1NC(=O)COC(=O)CCC(=O)Nc1cccc(C(C)=O)c1.